The fraction of sp³-hybridized carbons (Fsp3) is 0.143. The molecule has 0 aliphatic rings. The minimum absolute atomic E-state index is 0.426. The normalized spacial score (nSPS) is 9.64. The van der Waals surface area contributed by atoms with Crippen LogP contribution >= 0.6 is 22.6 Å². The molecule has 0 radical (unpaired) electrons. The van der Waals surface area contributed by atoms with Crippen LogP contribution in [0.3, 0.4) is 0 Å². The first kappa shape index (κ1) is 8.45. The number of halogens is 1. The first-order valence-corrected chi connectivity index (χ1v) is 4.15. The number of nitrogens with two attached hydrogens (primary N) is 1. The molecule has 0 fully saturated rings. The zero-order valence-corrected chi connectivity index (χ0v) is 8.21. The Labute approximate surface area is 78.7 Å². The molecule has 0 atom stereocenters. The van der Waals surface area contributed by atoms with Gasteiger partial charge < -0.3 is 11.1 Å². The average Bonchev–Trinajstić information content (AvgIpc) is 1.99. The molecule has 58 valence electrons. The van der Waals surface area contributed by atoms with Crippen LogP contribution < -0.4 is 5.73 Å². The number of aryl methyl sites for hydroxylation is 1. The zero-order chi connectivity index (χ0) is 8.43. The summed E-state index contributed by atoms with van der Waals surface area (Å²) in [6, 6.07) is 0. The molecule has 3 nitrogen and oxygen atoms in total. The van der Waals surface area contributed by atoms with Gasteiger partial charge in [-0.2, -0.15) is 0 Å². The third kappa shape index (κ3) is 1.50. The smallest absolute Gasteiger partial charge is 0.133 e. The van der Waals surface area contributed by atoms with Crippen LogP contribution in [0.4, 0.5) is 5.82 Å². The predicted octanol–water partition coefficient (Wildman–Crippen LogP) is 1.57. The summed E-state index contributed by atoms with van der Waals surface area (Å²) in [5.74, 6) is 0.426. The van der Waals surface area contributed by atoms with Crippen molar-refractivity contribution in [3.05, 3.63) is 20.9 Å². The van der Waals surface area contributed by atoms with Crippen molar-refractivity contribution in [1.29, 1.82) is 5.41 Å². The molecule has 0 saturated carbocycles. The molecular formula is C7H8IN3. The summed E-state index contributed by atoms with van der Waals surface area (Å²) in [7, 11) is 0. The molecule has 0 spiro atoms. The number of nitrogens with one attached hydrogen (secondary N) is 1. The van der Waals surface area contributed by atoms with Crippen LogP contribution in [0.5, 0.6) is 0 Å². The fourth-order valence-corrected chi connectivity index (χ4v) is 1.33. The SMILES string of the molecule is Cc1cnc(N)c(C=N)c1I. The van der Waals surface area contributed by atoms with Crippen molar-refractivity contribution in [3.63, 3.8) is 0 Å². The number of hydrogen-bond donors (Lipinski definition) is 2. The van der Waals surface area contributed by atoms with Crippen LogP contribution in [0.25, 0.3) is 0 Å². The Morgan fingerprint density at radius 1 is 1.73 bits per heavy atom. The first-order chi connectivity index (χ1) is 5.16. The van der Waals surface area contributed by atoms with E-state index in [2.05, 4.69) is 27.6 Å². The number of anilines is 1. The van der Waals surface area contributed by atoms with E-state index in [4.69, 9.17) is 11.1 Å². The highest BCUT2D eigenvalue weighted by atomic mass is 127. The Morgan fingerprint density at radius 3 is 2.82 bits per heavy atom. The molecule has 0 bridgehead atoms. The van der Waals surface area contributed by atoms with Crippen LogP contribution in [0.15, 0.2) is 6.20 Å². The van der Waals surface area contributed by atoms with Crippen LogP contribution in [0, 0.1) is 15.9 Å². The molecule has 11 heavy (non-hydrogen) atoms. The minimum Gasteiger partial charge on any atom is -0.383 e. The van der Waals surface area contributed by atoms with E-state index in [-0.39, 0.29) is 0 Å². The summed E-state index contributed by atoms with van der Waals surface area (Å²) in [5, 5.41) is 7.07. The van der Waals surface area contributed by atoms with E-state index >= 15 is 0 Å². The number of hydrogen-bond acceptors (Lipinski definition) is 3. The van der Waals surface area contributed by atoms with Gasteiger partial charge in [-0.15, -0.1) is 0 Å². The summed E-state index contributed by atoms with van der Waals surface area (Å²) >= 11 is 2.16. The maximum absolute atomic E-state index is 7.07. The average molecular weight is 261 g/mol. The molecule has 0 amide bonds. The van der Waals surface area contributed by atoms with Crippen molar-refractivity contribution in [1.82, 2.24) is 4.98 Å². The Morgan fingerprint density at radius 2 is 2.36 bits per heavy atom. The van der Waals surface area contributed by atoms with E-state index in [0.717, 1.165) is 9.13 Å². The van der Waals surface area contributed by atoms with Crippen LogP contribution in [0.2, 0.25) is 0 Å². The monoisotopic (exact) mass is 261 g/mol. The molecule has 0 saturated heterocycles. The van der Waals surface area contributed by atoms with Crippen molar-refractivity contribution >= 4 is 34.6 Å². The number of rotatable bonds is 1. The van der Waals surface area contributed by atoms with Crippen molar-refractivity contribution in [2.45, 2.75) is 6.92 Å². The molecule has 0 aromatic carbocycles. The lowest BCUT2D eigenvalue weighted by atomic mass is 10.2. The lowest BCUT2D eigenvalue weighted by Crippen LogP contribution is -2.00. The summed E-state index contributed by atoms with van der Waals surface area (Å²) in [6.07, 6.45) is 2.95. The van der Waals surface area contributed by atoms with Gasteiger partial charge in [0.15, 0.2) is 0 Å². The van der Waals surface area contributed by atoms with Gasteiger partial charge in [-0.3, -0.25) is 0 Å². The standard InChI is InChI=1S/C7H8IN3/c1-4-3-11-7(10)5(2-9)6(4)8/h2-3,9H,1H3,(H2,10,11). The fourth-order valence-electron chi connectivity index (χ4n) is 0.755. The van der Waals surface area contributed by atoms with Gasteiger partial charge >= 0.3 is 0 Å². The van der Waals surface area contributed by atoms with Gasteiger partial charge in [-0.1, -0.05) is 0 Å². The number of nitrogens with zero attached hydrogens (tertiary/aromatic N) is 1. The van der Waals surface area contributed by atoms with Gasteiger partial charge in [0, 0.05) is 21.5 Å². The van der Waals surface area contributed by atoms with Crippen LogP contribution in [-0.4, -0.2) is 11.2 Å². The van der Waals surface area contributed by atoms with Crippen molar-refractivity contribution in [2.75, 3.05) is 5.73 Å². The van der Waals surface area contributed by atoms with Gasteiger partial charge in [-0.05, 0) is 35.1 Å². The summed E-state index contributed by atoms with van der Waals surface area (Å²) in [6.45, 7) is 1.95. The maximum atomic E-state index is 7.07. The van der Waals surface area contributed by atoms with Gasteiger partial charge in [-0.25, -0.2) is 4.98 Å². The second-order valence-corrected chi connectivity index (χ2v) is 3.28. The van der Waals surface area contributed by atoms with E-state index in [9.17, 15) is 0 Å². The minimum atomic E-state index is 0.426. The van der Waals surface area contributed by atoms with Crippen molar-refractivity contribution in [3.8, 4) is 0 Å². The highest BCUT2D eigenvalue weighted by Crippen LogP contribution is 2.17. The Bertz CT molecular complexity index is 296. The second kappa shape index (κ2) is 3.17. The number of pyridine rings is 1. The van der Waals surface area contributed by atoms with E-state index in [1.54, 1.807) is 6.20 Å². The lowest BCUT2D eigenvalue weighted by molar-refractivity contribution is 1.25. The summed E-state index contributed by atoms with van der Waals surface area (Å²) in [5.41, 5.74) is 7.30. The van der Waals surface area contributed by atoms with Gasteiger partial charge in [0.1, 0.15) is 5.82 Å². The van der Waals surface area contributed by atoms with E-state index in [1.165, 1.54) is 6.21 Å². The second-order valence-electron chi connectivity index (χ2n) is 2.20. The molecular weight excluding hydrogens is 253 g/mol. The molecule has 1 aromatic rings. The Kier molecular flexibility index (Phi) is 2.43. The third-order valence-electron chi connectivity index (χ3n) is 1.40. The van der Waals surface area contributed by atoms with Gasteiger partial charge in [0.05, 0.1) is 0 Å². The summed E-state index contributed by atoms with van der Waals surface area (Å²) < 4.78 is 1.00. The van der Waals surface area contributed by atoms with E-state index < -0.39 is 0 Å². The predicted molar refractivity (Wildman–Crippen MR) is 54.0 cm³/mol. The van der Waals surface area contributed by atoms with E-state index in [0.29, 0.717) is 11.4 Å². The number of aromatic nitrogens is 1. The van der Waals surface area contributed by atoms with Crippen molar-refractivity contribution in [2.24, 2.45) is 0 Å². The molecule has 0 aliphatic carbocycles. The number of nitrogen functional groups attached to an aromatic ring is 1. The highest BCUT2D eigenvalue weighted by Gasteiger charge is 2.04. The Balaban J connectivity index is 3.40. The molecule has 1 rings (SSSR count). The van der Waals surface area contributed by atoms with Gasteiger partial charge in [0.25, 0.3) is 0 Å². The quantitative estimate of drug-likeness (QED) is 0.595. The molecule has 1 heterocycles. The van der Waals surface area contributed by atoms with Crippen LogP contribution in [0.1, 0.15) is 11.1 Å². The molecule has 0 aliphatic heterocycles. The zero-order valence-electron chi connectivity index (χ0n) is 6.06. The van der Waals surface area contributed by atoms with E-state index in [1.807, 2.05) is 6.92 Å². The largest absolute Gasteiger partial charge is 0.383 e. The highest BCUT2D eigenvalue weighted by molar-refractivity contribution is 14.1. The maximum Gasteiger partial charge on any atom is 0.133 e. The molecule has 0 unspecified atom stereocenters. The topological polar surface area (TPSA) is 62.8 Å². The van der Waals surface area contributed by atoms with Crippen molar-refractivity contribution < 1.29 is 0 Å². The van der Waals surface area contributed by atoms with Gasteiger partial charge in [0.2, 0.25) is 0 Å². The summed E-state index contributed by atoms with van der Waals surface area (Å²) in [4.78, 5) is 3.93. The molecule has 1 aromatic heterocycles. The molecule has 4 heteroatoms. The first-order valence-electron chi connectivity index (χ1n) is 3.08. The Hall–Kier alpha value is -0.650. The third-order valence-corrected chi connectivity index (χ3v) is 2.83. The van der Waals surface area contributed by atoms with Crippen LogP contribution in [-0.2, 0) is 0 Å². The lowest BCUT2D eigenvalue weighted by Gasteiger charge is -2.03. The molecule has 3 N–H and O–H groups in total.